The summed E-state index contributed by atoms with van der Waals surface area (Å²) in [5, 5.41) is 4.11. The van der Waals surface area contributed by atoms with E-state index in [1.54, 1.807) is 6.07 Å². The first-order valence-electron chi connectivity index (χ1n) is 6.24. The van der Waals surface area contributed by atoms with Crippen LogP contribution in [0, 0.1) is 5.82 Å². The molecule has 1 aromatic heterocycles. The van der Waals surface area contributed by atoms with Crippen molar-refractivity contribution in [3.05, 3.63) is 64.7 Å². The smallest absolute Gasteiger partial charge is 0.141 e. The van der Waals surface area contributed by atoms with Gasteiger partial charge >= 0.3 is 0 Å². The van der Waals surface area contributed by atoms with Crippen LogP contribution in [-0.4, -0.2) is 11.5 Å². The Bertz CT molecular complexity index is 511. The van der Waals surface area contributed by atoms with Gasteiger partial charge in [0.1, 0.15) is 5.82 Å². The number of aromatic nitrogens is 1. The lowest BCUT2D eigenvalue weighted by Crippen LogP contribution is -2.22. The predicted molar refractivity (Wildman–Crippen MR) is 75.8 cm³/mol. The summed E-state index contributed by atoms with van der Waals surface area (Å²) in [5.74, 6) is -0.308. The van der Waals surface area contributed by atoms with Crippen LogP contribution < -0.4 is 5.32 Å². The molecule has 0 saturated heterocycles. The van der Waals surface area contributed by atoms with E-state index in [4.69, 9.17) is 11.6 Å². The Morgan fingerprint density at radius 1 is 1.21 bits per heavy atom. The van der Waals surface area contributed by atoms with Crippen LogP contribution in [0.1, 0.15) is 24.2 Å². The van der Waals surface area contributed by atoms with Crippen molar-refractivity contribution in [3.8, 4) is 0 Å². The maximum atomic E-state index is 12.8. The van der Waals surface area contributed by atoms with Gasteiger partial charge in [-0.05, 0) is 49.7 Å². The molecule has 100 valence electrons. The molecule has 0 aliphatic heterocycles. The first kappa shape index (κ1) is 14.0. The van der Waals surface area contributed by atoms with E-state index in [9.17, 15) is 4.39 Å². The minimum Gasteiger partial charge on any atom is -0.309 e. The fraction of sp³-hybridized carbons (Fsp3) is 0.267. The summed E-state index contributed by atoms with van der Waals surface area (Å²) in [6, 6.07) is 11.1. The van der Waals surface area contributed by atoms with Crippen molar-refractivity contribution in [2.24, 2.45) is 0 Å². The fourth-order valence-electron chi connectivity index (χ4n) is 1.83. The molecule has 4 heteroatoms. The summed E-state index contributed by atoms with van der Waals surface area (Å²) < 4.78 is 12.8. The molecule has 0 aliphatic rings. The summed E-state index contributed by atoms with van der Waals surface area (Å²) in [7, 11) is 0. The van der Waals surface area contributed by atoms with Crippen LogP contribution in [0.2, 0.25) is 5.02 Å². The Balaban J connectivity index is 1.82. The molecule has 1 unspecified atom stereocenters. The first-order chi connectivity index (χ1) is 9.15. The fourth-order valence-corrected chi connectivity index (χ4v) is 1.96. The standard InChI is InChI=1S/C15H16ClFN2/c1-11(15-7-6-14(17)10-19-15)18-9-8-12-2-4-13(16)5-3-12/h2-7,10-11,18H,8-9H2,1H3. The van der Waals surface area contributed by atoms with Crippen LogP contribution in [0.3, 0.4) is 0 Å². The highest BCUT2D eigenvalue weighted by atomic mass is 35.5. The summed E-state index contributed by atoms with van der Waals surface area (Å²) >= 11 is 5.83. The van der Waals surface area contributed by atoms with Gasteiger partial charge in [0.05, 0.1) is 11.9 Å². The second kappa shape index (κ2) is 6.64. The van der Waals surface area contributed by atoms with Gasteiger partial charge in [-0.2, -0.15) is 0 Å². The molecule has 0 amide bonds. The van der Waals surface area contributed by atoms with Gasteiger partial charge in [0.25, 0.3) is 0 Å². The number of hydrogen-bond acceptors (Lipinski definition) is 2. The summed E-state index contributed by atoms with van der Waals surface area (Å²) in [6.07, 6.45) is 2.16. The molecule has 19 heavy (non-hydrogen) atoms. The van der Waals surface area contributed by atoms with Crippen molar-refractivity contribution < 1.29 is 4.39 Å². The van der Waals surface area contributed by atoms with Gasteiger partial charge in [0.2, 0.25) is 0 Å². The largest absolute Gasteiger partial charge is 0.309 e. The zero-order valence-corrected chi connectivity index (χ0v) is 11.5. The minimum absolute atomic E-state index is 0.105. The number of pyridine rings is 1. The molecule has 0 bridgehead atoms. The number of hydrogen-bond donors (Lipinski definition) is 1. The van der Waals surface area contributed by atoms with E-state index in [-0.39, 0.29) is 11.9 Å². The Morgan fingerprint density at radius 3 is 2.58 bits per heavy atom. The Kier molecular flexibility index (Phi) is 4.88. The van der Waals surface area contributed by atoms with Crippen LogP contribution in [0.4, 0.5) is 4.39 Å². The molecule has 1 atom stereocenters. The average molecular weight is 279 g/mol. The summed E-state index contributed by atoms with van der Waals surface area (Å²) in [6.45, 7) is 2.85. The molecule has 1 aromatic carbocycles. The third kappa shape index (κ3) is 4.30. The molecule has 0 saturated carbocycles. The lowest BCUT2D eigenvalue weighted by Gasteiger charge is -2.13. The zero-order chi connectivity index (χ0) is 13.7. The van der Waals surface area contributed by atoms with Crippen LogP contribution >= 0.6 is 11.6 Å². The van der Waals surface area contributed by atoms with Crippen LogP contribution in [0.25, 0.3) is 0 Å². The second-order valence-corrected chi connectivity index (χ2v) is 4.89. The molecule has 1 heterocycles. The number of nitrogens with one attached hydrogen (secondary N) is 1. The van der Waals surface area contributed by atoms with Crippen LogP contribution in [-0.2, 0) is 6.42 Å². The number of benzene rings is 1. The third-order valence-corrected chi connectivity index (χ3v) is 3.22. The topological polar surface area (TPSA) is 24.9 Å². The van der Waals surface area contributed by atoms with Crippen molar-refractivity contribution in [1.82, 2.24) is 10.3 Å². The van der Waals surface area contributed by atoms with E-state index in [1.807, 2.05) is 31.2 Å². The van der Waals surface area contributed by atoms with E-state index in [2.05, 4.69) is 10.3 Å². The lowest BCUT2D eigenvalue weighted by atomic mass is 10.1. The highest BCUT2D eigenvalue weighted by Gasteiger charge is 2.05. The first-order valence-corrected chi connectivity index (χ1v) is 6.62. The Morgan fingerprint density at radius 2 is 1.95 bits per heavy atom. The van der Waals surface area contributed by atoms with Crippen LogP contribution in [0.15, 0.2) is 42.6 Å². The SMILES string of the molecule is CC(NCCc1ccc(Cl)cc1)c1ccc(F)cn1. The zero-order valence-electron chi connectivity index (χ0n) is 10.7. The van der Waals surface area contributed by atoms with E-state index < -0.39 is 0 Å². The maximum Gasteiger partial charge on any atom is 0.141 e. The van der Waals surface area contributed by atoms with E-state index in [0.29, 0.717) is 0 Å². The second-order valence-electron chi connectivity index (χ2n) is 4.45. The van der Waals surface area contributed by atoms with Gasteiger partial charge in [0.15, 0.2) is 0 Å². The third-order valence-electron chi connectivity index (χ3n) is 2.97. The van der Waals surface area contributed by atoms with Gasteiger partial charge < -0.3 is 5.32 Å². The lowest BCUT2D eigenvalue weighted by molar-refractivity contribution is 0.557. The minimum atomic E-state index is -0.308. The Hall–Kier alpha value is -1.45. The van der Waals surface area contributed by atoms with Gasteiger partial charge in [-0.15, -0.1) is 0 Å². The molecule has 2 rings (SSSR count). The Labute approximate surface area is 117 Å². The van der Waals surface area contributed by atoms with Crippen molar-refractivity contribution in [3.63, 3.8) is 0 Å². The molecule has 2 aromatic rings. The molecule has 0 fully saturated rings. The number of nitrogens with zero attached hydrogens (tertiary/aromatic N) is 1. The van der Waals surface area contributed by atoms with Crippen molar-refractivity contribution in [2.45, 2.75) is 19.4 Å². The van der Waals surface area contributed by atoms with Gasteiger partial charge in [0, 0.05) is 11.1 Å². The van der Waals surface area contributed by atoms with Crippen LogP contribution in [0.5, 0.6) is 0 Å². The molecule has 0 aliphatic carbocycles. The van der Waals surface area contributed by atoms with Crippen molar-refractivity contribution >= 4 is 11.6 Å². The highest BCUT2D eigenvalue weighted by Crippen LogP contribution is 2.11. The molecule has 0 radical (unpaired) electrons. The van der Waals surface area contributed by atoms with Gasteiger partial charge in [-0.1, -0.05) is 23.7 Å². The highest BCUT2D eigenvalue weighted by molar-refractivity contribution is 6.30. The molecule has 2 nitrogen and oxygen atoms in total. The van der Waals surface area contributed by atoms with E-state index >= 15 is 0 Å². The predicted octanol–water partition coefficient (Wildman–Crippen LogP) is 3.77. The van der Waals surface area contributed by atoms with Crippen molar-refractivity contribution in [1.29, 1.82) is 0 Å². The van der Waals surface area contributed by atoms with E-state index in [1.165, 1.54) is 17.8 Å². The van der Waals surface area contributed by atoms with Gasteiger partial charge in [-0.25, -0.2) is 4.39 Å². The normalized spacial score (nSPS) is 12.4. The quantitative estimate of drug-likeness (QED) is 0.901. The number of rotatable bonds is 5. The summed E-state index contributed by atoms with van der Waals surface area (Å²) in [5.41, 5.74) is 2.08. The molecule has 0 spiro atoms. The molecular formula is C15H16ClFN2. The van der Waals surface area contributed by atoms with Gasteiger partial charge in [-0.3, -0.25) is 4.98 Å². The van der Waals surface area contributed by atoms with E-state index in [0.717, 1.165) is 23.7 Å². The van der Waals surface area contributed by atoms with Crippen molar-refractivity contribution in [2.75, 3.05) is 6.54 Å². The summed E-state index contributed by atoms with van der Waals surface area (Å²) in [4.78, 5) is 4.06. The molecular weight excluding hydrogens is 263 g/mol. The average Bonchev–Trinajstić information content (AvgIpc) is 2.41. The number of halogens is 2. The molecule has 1 N–H and O–H groups in total. The monoisotopic (exact) mass is 278 g/mol. The maximum absolute atomic E-state index is 12.8.